The summed E-state index contributed by atoms with van der Waals surface area (Å²) in [6.45, 7) is 0.0489. The zero-order valence-corrected chi connectivity index (χ0v) is 15.5. The maximum atomic E-state index is 12.5. The van der Waals surface area contributed by atoms with E-state index >= 15 is 0 Å². The van der Waals surface area contributed by atoms with Gasteiger partial charge in [0.25, 0.3) is 5.91 Å². The highest BCUT2D eigenvalue weighted by molar-refractivity contribution is 6.04. The van der Waals surface area contributed by atoms with Crippen molar-refractivity contribution in [1.29, 1.82) is 0 Å². The molecule has 2 N–H and O–H groups in total. The summed E-state index contributed by atoms with van der Waals surface area (Å²) in [5, 5.41) is 2.65. The predicted octanol–water partition coefficient (Wildman–Crippen LogP) is 3.34. The Kier molecular flexibility index (Phi) is 3.29. The minimum atomic E-state index is -0.391. The Hall–Kier alpha value is -3.74. The number of imide groups is 1. The largest absolute Gasteiger partial charge is 0.337 e. The topological polar surface area (TPSA) is 91.0 Å². The molecule has 6 rings (SSSR count). The van der Waals surface area contributed by atoms with Gasteiger partial charge in [0.05, 0.1) is 29.8 Å². The Morgan fingerprint density at radius 1 is 1.17 bits per heavy atom. The molecule has 1 saturated heterocycles. The lowest BCUT2D eigenvalue weighted by atomic mass is 9.93. The van der Waals surface area contributed by atoms with Gasteiger partial charge in [-0.3, -0.25) is 14.7 Å². The molecule has 142 valence electrons. The standard InChI is InChI=1S/C22H17N5O2/c28-18-11-24-22(29)27(18)20-13-5-2-1-4-12(13)19-14(20)6-3-7-15(19)21-25-16-8-9-23-10-17(16)26-21/h2-3,5-10,20H,1,4,11H2,(H,24,29)(H,25,26). The van der Waals surface area contributed by atoms with E-state index in [4.69, 9.17) is 4.98 Å². The average molecular weight is 383 g/mol. The molecule has 29 heavy (non-hydrogen) atoms. The summed E-state index contributed by atoms with van der Waals surface area (Å²) in [4.78, 5) is 38.6. The van der Waals surface area contributed by atoms with Crippen molar-refractivity contribution >= 4 is 28.5 Å². The van der Waals surface area contributed by atoms with Crippen molar-refractivity contribution in [3.05, 3.63) is 65.5 Å². The molecule has 3 heterocycles. The highest BCUT2D eigenvalue weighted by Crippen LogP contribution is 2.51. The first-order chi connectivity index (χ1) is 14.2. The number of aromatic amines is 1. The van der Waals surface area contributed by atoms with Gasteiger partial charge in [-0.25, -0.2) is 9.78 Å². The van der Waals surface area contributed by atoms with Crippen molar-refractivity contribution < 1.29 is 9.59 Å². The van der Waals surface area contributed by atoms with Gasteiger partial charge in [-0.15, -0.1) is 0 Å². The zero-order chi connectivity index (χ0) is 19.5. The third kappa shape index (κ3) is 2.24. The summed E-state index contributed by atoms with van der Waals surface area (Å²) in [6.07, 6.45) is 9.47. The molecule has 1 aromatic carbocycles. The third-order valence-electron chi connectivity index (χ3n) is 5.87. The molecule has 3 aromatic rings. The van der Waals surface area contributed by atoms with Crippen LogP contribution in [0.15, 0.2) is 54.4 Å². The Balaban J connectivity index is 1.59. The minimum absolute atomic E-state index is 0.0489. The molecule has 3 amide bonds. The number of urea groups is 1. The molecule has 2 aliphatic carbocycles. The van der Waals surface area contributed by atoms with Gasteiger partial charge in [-0.1, -0.05) is 30.4 Å². The van der Waals surface area contributed by atoms with Crippen LogP contribution in [-0.4, -0.2) is 38.3 Å². The number of amides is 3. The number of carbonyl (C=O) groups is 2. The van der Waals surface area contributed by atoms with E-state index in [0.29, 0.717) is 0 Å². The quantitative estimate of drug-likeness (QED) is 0.664. The van der Waals surface area contributed by atoms with Crippen LogP contribution in [0, 0.1) is 0 Å². The van der Waals surface area contributed by atoms with Gasteiger partial charge in [0.1, 0.15) is 5.82 Å². The monoisotopic (exact) mass is 383 g/mol. The van der Waals surface area contributed by atoms with Gasteiger partial charge in [0.15, 0.2) is 0 Å². The maximum absolute atomic E-state index is 12.5. The lowest BCUT2D eigenvalue weighted by Gasteiger charge is -2.24. The van der Waals surface area contributed by atoms with Crippen molar-refractivity contribution in [2.24, 2.45) is 0 Å². The van der Waals surface area contributed by atoms with Crippen LogP contribution in [0.25, 0.3) is 28.0 Å². The third-order valence-corrected chi connectivity index (χ3v) is 5.87. The lowest BCUT2D eigenvalue weighted by Crippen LogP contribution is -2.35. The van der Waals surface area contributed by atoms with E-state index in [1.54, 1.807) is 12.4 Å². The summed E-state index contributed by atoms with van der Waals surface area (Å²) < 4.78 is 0. The first-order valence-corrected chi connectivity index (χ1v) is 9.65. The second kappa shape index (κ2) is 5.88. The first kappa shape index (κ1) is 16.2. The zero-order valence-electron chi connectivity index (χ0n) is 15.5. The highest BCUT2D eigenvalue weighted by atomic mass is 16.2. The summed E-state index contributed by atoms with van der Waals surface area (Å²) in [5.74, 6) is 0.572. The normalized spacial score (nSPS) is 20.4. The lowest BCUT2D eigenvalue weighted by molar-refractivity contribution is -0.126. The summed E-state index contributed by atoms with van der Waals surface area (Å²) in [6, 6.07) is 7.17. The molecule has 7 nitrogen and oxygen atoms in total. The SMILES string of the molecule is O=C1CNC(=O)N1C1C2=C(CCC=C2)c2c(-c3nc4ccncc4[nH]3)cccc21. The smallest absolute Gasteiger partial charge is 0.325 e. The number of imidazole rings is 1. The van der Waals surface area contributed by atoms with Crippen LogP contribution in [0.5, 0.6) is 0 Å². The number of fused-ring (bicyclic) bond motifs is 3. The van der Waals surface area contributed by atoms with Crippen LogP contribution in [0.3, 0.4) is 0 Å². The molecule has 1 unspecified atom stereocenters. The molecule has 0 bridgehead atoms. The molecule has 1 aliphatic heterocycles. The van der Waals surface area contributed by atoms with E-state index in [1.807, 2.05) is 24.3 Å². The van der Waals surface area contributed by atoms with Crippen LogP contribution in [-0.2, 0) is 4.79 Å². The van der Waals surface area contributed by atoms with E-state index in [0.717, 1.165) is 52.0 Å². The van der Waals surface area contributed by atoms with Gasteiger partial charge in [0, 0.05) is 11.8 Å². The van der Waals surface area contributed by atoms with Crippen LogP contribution in [0.4, 0.5) is 4.79 Å². The van der Waals surface area contributed by atoms with Crippen LogP contribution in [0.2, 0.25) is 0 Å². The summed E-state index contributed by atoms with van der Waals surface area (Å²) >= 11 is 0. The number of aromatic nitrogens is 3. The molecule has 2 aromatic heterocycles. The minimum Gasteiger partial charge on any atom is -0.337 e. The second-order valence-corrected chi connectivity index (χ2v) is 7.45. The number of rotatable bonds is 2. The molecular weight excluding hydrogens is 366 g/mol. The van der Waals surface area contributed by atoms with Gasteiger partial charge in [0.2, 0.25) is 0 Å². The van der Waals surface area contributed by atoms with E-state index in [2.05, 4.69) is 27.4 Å². The fourth-order valence-electron chi connectivity index (χ4n) is 4.67. The summed E-state index contributed by atoms with van der Waals surface area (Å²) in [7, 11) is 0. The van der Waals surface area contributed by atoms with Gasteiger partial charge in [-0.05, 0) is 41.2 Å². The number of allylic oxidation sites excluding steroid dienone is 2. The van der Waals surface area contributed by atoms with E-state index in [1.165, 1.54) is 10.5 Å². The molecule has 1 fully saturated rings. The first-order valence-electron chi connectivity index (χ1n) is 9.65. The Morgan fingerprint density at radius 2 is 2.10 bits per heavy atom. The van der Waals surface area contributed by atoms with E-state index < -0.39 is 6.04 Å². The van der Waals surface area contributed by atoms with Crippen molar-refractivity contribution in [1.82, 2.24) is 25.2 Å². The predicted molar refractivity (Wildman–Crippen MR) is 108 cm³/mol. The van der Waals surface area contributed by atoms with E-state index in [-0.39, 0.29) is 18.5 Å². The number of hydrogen-bond acceptors (Lipinski definition) is 4. The van der Waals surface area contributed by atoms with Crippen LogP contribution < -0.4 is 5.32 Å². The van der Waals surface area contributed by atoms with Crippen LogP contribution in [0.1, 0.15) is 30.0 Å². The summed E-state index contributed by atoms with van der Waals surface area (Å²) in [5.41, 5.74) is 6.99. The van der Waals surface area contributed by atoms with Crippen molar-refractivity contribution in [2.75, 3.05) is 6.54 Å². The second-order valence-electron chi connectivity index (χ2n) is 7.45. The number of H-pyrrole nitrogens is 1. The molecule has 0 radical (unpaired) electrons. The molecule has 7 heteroatoms. The fourth-order valence-corrected chi connectivity index (χ4v) is 4.67. The van der Waals surface area contributed by atoms with E-state index in [9.17, 15) is 9.59 Å². The number of nitrogens with one attached hydrogen (secondary N) is 2. The highest BCUT2D eigenvalue weighted by Gasteiger charge is 2.43. The molecule has 3 aliphatic rings. The molecule has 0 spiro atoms. The number of carbonyl (C=O) groups excluding carboxylic acids is 2. The van der Waals surface area contributed by atoms with Crippen molar-refractivity contribution in [2.45, 2.75) is 18.9 Å². The molecule has 0 saturated carbocycles. The van der Waals surface area contributed by atoms with Crippen molar-refractivity contribution in [3.8, 4) is 11.4 Å². The van der Waals surface area contributed by atoms with Gasteiger partial charge < -0.3 is 10.3 Å². The maximum Gasteiger partial charge on any atom is 0.325 e. The average Bonchev–Trinajstić information content (AvgIpc) is 3.41. The van der Waals surface area contributed by atoms with Crippen LogP contribution >= 0.6 is 0 Å². The number of nitrogens with zero attached hydrogens (tertiary/aromatic N) is 3. The Morgan fingerprint density at radius 3 is 2.93 bits per heavy atom. The number of pyridine rings is 1. The molecular formula is C22H17N5O2. The van der Waals surface area contributed by atoms with Gasteiger partial charge >= 0.3 is 6.03 Å². The fraction of sp³-hybridized carbons (Fsp3) is 0.182. The number of benzene rings is 1. The van der Waals surface area contributed by atoms with Gasteiger partial charge in [-0.2, -0.15) is 0 Å². The Labute approximate surface area is 166 Å². The Bertz CT molecular complexity index is 1220. The molecule has 1 atom stereocenters. The number of hydrogen-bond donors (Lipinski definition) is 2. The van der Waals surface area contributed by atoms with Crippen molar-refractivity contribution in [3.63, 3.8) is 0 Å².